The van der Waals surface area contributed by atoms with Crippen molar-refractivity contribution in [3.8, 4) is 0 Å². The van der Waals surface area contributed by atoms with Gasteiger partial charge in [0.05, 0.1) is 10.6 Å². The predicted molar refractivity (Wildman–Crippen MR) is 41.4 cm³/mol. The Morgan fingerprint density at radius 1 is 1.33 bits per heavy atom. The van der Waals surface area contributed by atoms with Crippen molar-refractivity contribution in [3.63, 3.8) is 0 Å². The minimum absolute atomic E-state index is 0.392. The van der Waals surface area contributed by atoms with Crippen molar-refractivity contribution in [3.05, 3.63) is 34.4 Å². The summed E-state index contributed by atoms with van der Waals surface area (Å²) >= 11 is 5.36. The van der Waals surface area contributed by atoms with E-state index in [0.717, 1.165) is 19.1 Å². The Morgan fingerprint density at radius 2 is 1.83 bits per heavy atom. The molecule has 0 radical (unpaired) electrons. The number of hydrogen-bond acceptors (Lipinski definition) is 1. The maximum absolute atomic E-state index is 12.8. The second-order valence-corrected chi connectivity index (χ2v) is 2.65. The normalized spacial score (nSPS) is 10.0. The minimum atomic E-state index is -0.797. The molecule has 1 aromatic rings. The first-order chi connectivity index (χ1) is 5.54. The molecule has 0 fully saturated rings. The first-order valence-corrected chi connectivity index (χ1v) is 3.56. The van der Waals surface area contributed by atoms with Gasteiger partial charge in [-0.1, -0.05) is 11.6 Å². The molecule has 0 N–H and O–H groups in total. The highest BCUT2D eigenvalue weighted by atomic mass is 35.5. The Kier molecular flexibility index (Phi) is 2.43. The standard InChI is InChI=1S/C8H5ClF2O/c1-4(12)7-5(10)2-3-6(11)8(7)9/h2-3H,1H3. The molecule has 0 aliphatic carbocycles. The molecule has 0 saturated carbocycles. The molecule has 1 rings (SSSR count). The van der Waals surface area contributed by atoms with E-state index < -0.39 is 28.0 Å². The summed E-state index contributed by atoms with van der Waals surface area (Å²) in [4.78, 5) is 10.7. The van der Waals surface area contributed by atoms with Crippen molar-refractivity contribution in [2.24, 2.45) is 0 Å². The summed E-state index contributed by atoms with van der Waals surface area (Å²) in [6, 6.07) is 1.75. The van der Waals surface area contributed by atoms with Gasteiger partial charge >= 0.3 is 0 Å². The fourth-order valence-corrected chi connectivity index (χ4v) is 1.14. The molecule has 0 heterocycles. The van der Waals surface area contributed by atoms with Crippen LogP contribution in [0.25, 0.3) is 0 Å². The Labute approximate surface area is 73.0 Å². The molecule has 0 aromatic heterocycles. The van der Waals surface area contributed by atoms with Gasteiger partial charge < -0.3 is 0 Å². The van der Waals surface area contributed by atoms with Crippen LogP contribution in [0.3, 0.4) is 0 Å². The number of rotatable bonds is 1. The number of halogens is 3. The number of carbonyl (C=O) groups is 1. The van der Waals surface area contributed by atoms with Gasteiger partial charge in [-0.3, -0.25) is 4.79 Å². The van der Waals surface area contributed by atoms with Crippen LogP contribution in [0.4, 0.5) is 8.78 Å². The van der Waals surface area contributed by atoms with E-state index in [9.17, 15) is 13.6 Å². The molecule has 0 spiro atoms. The van der Waals surface area contributed by atoms with Crippen LogP contribution >= 0.6 is 11.6 Å². The summed E-state index contributed by atoms with van der Waals surface area (Å²) in [5.41, 5.74) is -0.392. The summed E-state index contributed by atoms with van der Waals surface area (Å²) in [5, 5.41) is -0.456. The lowest BCUT2D eigenvalue weighted by atomic mass is 10.1. The van der Waals surface area contributed by atoms with Crippen LogP contribution in [0.5, 0.6) is 0 Å². The van der Waals surface area contributed by atoms with E-state index >= 15 is 0 Å². The van der Waals surface area contributed by atoms with Gasteiger partial charge in [-0.15, -0.1) is 0 Å². The van der Waals surface area contributed by atoms with Crippen molar-refractivity contribution in [2.75, 3.05) is 0 Å². The molecule has 0 bridgehead atoms. The molecule has 1 aromatic carbocycles. The third-order valence-corrected chi connectivity index (χ3v) is 1.77. The third-order valence-electron chi connectivity index (χ3n) is 1.40. The minimum Gasteiger partial charge on any atom is -0.294 e. The monoisotopic (exact) mass is 190 g/mol. The third kappa shape index (κ3) is 1.46. The average Bonchev–Trinajstić information content (AvgIpc) is 1.97. The summed E-state index contributed by atoms with van der Waals surface area (Å²) in [6.07, 6.45) is 0. The van der Waals surface area contributed by atoms with Gasteiger partial charge in [-0.05, 0) is 19.1 Å². The first kappa shape index (κ1) is 9.13. The van der Waals surface area contributed by atoms with Crippen LogP contribution in [0.2, 0.25) is 5.02 Å². The second-order valence-electron chi connectivity index (χ2n) is 2.27. The lowest BCUT2D eigenvalue weighted by Gasteiger charge is -2.01. The summed E-state index contributed by atoms with van der Waals surface area (Å²) in [6.45, 7) is 1.13. The van der Waals surface area contributed by atoms with E-state index in [4.69, 9.17) is 11.6 Å². The van der Waals surface area contributed by atoms with E-state index in [0.29, 0.717) is 0 Å². The Hall–Kier alpha value is -0.960. The highest BCUT2D eigenvalue weighted by molar-refractivity contribution is 6.34. The van der Waals surface area contributed by atoms with Gasteiger partial charge in [-0.2, -0.15) is 0 Å². The van der Waals surface area contributed by atoms with Crippen molar-refractivity contribution in [2.45, 2.75) is 6.92 Å². The number of Topliss-reactive ketones (excluding diaryl/α,β-unsaturated/α-hetero) is 1. The molecule has 64 valence electrons. The molecule has 0 saturated heterocycles. The summed E-state index contributed by atoms with van der Waals surface area (Å²) < 4.78 is 25.5. The smallest absolute Gasteiger partial charge is 0.164 e. The Balaban J connectivity index is 3.43. The molecule has 0 unspecified atom stereocenters. The Bertz CT molecular complexity index is 336. The highest BCUT2D eigenvalue weighted by Crippen LogP contribution is 2.22. The highest BCUT2D eigenvalue weighted by Gasteiger charge is 2.15. The fourth-order valence-electron chi connectivity index (χ4n) is 0.850. The molecule has 0 amide bonds. The van der Waals surface area contributed by atoms with Crippen LogP contribution in [-0.2, 0) is 0 Å². The quantitative estimate of drug-likeness (QED) is 0.492. The number of benzene rings is 1. The van der Waals surface area contributed by atoms with Gasteiger partial charge in [0.25, 0.3) is 0 Å². The van der Waals surface area contributed by atoms with Gasteiger partial charge in [-0.25, -0.2) is 8.78 Å². The zero-order valence-electron chi connectivity index (χ0n) is 6.20. The average molecular weight is 191 g/mol. The molecule has 1 nitrogen and oxygen atoms in total. The van der Waals surface area contributed by atoms with Crippen LogP contribution in [0.15, 0.2) is 12.1 Å². The Morgan fingerprint density at radius 3 is 2.25 bits per heavy atom. The lowest BCUT2D eigenvalue weighted by Crippen LogP contribution is -1.99. The van der Waals surface area contributed by atoms with Crippen molar-refractivity contribution >= 4 is 17.4 Å². The molecular weight excluding hydrogens is 186 g/mol. The van der Waals surface area contributed by atoms with Gasteiger partial charge in [0.15, 0.2) is 5.78 Å². The van der Waals surface area contributed by atoms with Crippen LogP contribution in [-0.4, -0.2) is 5.78 Å². The summed E-state index contributed by atoms with van der Waals surface area (Å²) in [5.74, 6) is -2.17. The first-order valence-electron chi connectivity index (χ1n) is 3.18. The SMILES string of the molecule is CC(=O)c1c(F)ccc(F)c1Cl. The van der Waals surface area contributed by atoms with E-state index in [-0.39, 0.29) is 0 Å². The second kappa shape index (κ2) is 3.19. The zero-order valence-corrected chi connectivity index (χ0v) is 6.95. The van der Waals surface area contributed by atoms with Crippen LogP contribution in [0.1, 0.15) is 17.3 Å². The summed E-state index contributed by atoms with van der Waals surface area (Å²) in [7, 11) is 0. The number of hydrogen-bond donors (Lipinski definition) is 0. The van der Waals surface area contributed by atoms with Crippen molar-refractivity contribution < 1.29 is 13.6 Å². The molecule has 12 heavy (non-hydrogen) atoms. The number of carbonyl (C=O) groups excluding carboxylic acids is 1. The predicted octanol–water partition coefficient (Wildman–Crippen LogP) is 2.82. The zero-order chi connectivity index (χ0) is 9.30. The lowest BCUT2D eigenvalue weighted by molar-refractivity contribution is 0.101. The van der Waals surface area contributed by atoms with E-state index in [1.165, 1.54) is 0 Å². The van der Waals surface area contributed by atoms with Crippen LogP contribution < -0.4 is 0 Å². The fraction of sp³-hybridized carbons (Fsp3) is 0.125. The molecule has 4 heteroatoms. The number of ketones is 1. The maximum Gasteiger partial charge on any atom is 0.164 e. The molecule has 0 aliphatic heterocycles. The topological polar surface area (TPSA) is 17.1 Å². The molecular formula is C8H5ClF2O. The molecule has 0 atom stereocenters. The van der Waals surface area contributed by atoms with E-state index in [1.54, 1.807) is 0 Å². The van der Waals surface area contributed by atoms with Gasteiger partial charge in [0, 0.05) is 0 Å². The van der Waals surface area contributed by atoms with E-state index in [1.807, 2.05) is 0 Å². The maximum atomic E-state index is 12.8. The van der Waals surface area contributed by atoms with Crippen molar-refractivity contribution in [1.29, 1.82) is 0 Å². The van der Waals surface area contributed by atoms with Crippen molar-refractivity contribution in [1.82, 2.24) is 0 Å². The molecule has 0 aliphatic rings. The van der Waals surface area contributed by atoms with Gasteiger partial charge in [0.1, 0.15) is 11.6 Å². The van der Waals surface area contributed by atoms with Crippen LogP contribution in [0, 0.1) is 11.6 Å². The van der Waals surface area contributed by atoms with Gasteiger partial charge in [0.2, 0.25) is 0 Å². The van der Waals surface area contributed by atoms with E-state index in [2.05, 4.69) is 0 Å². The largest absolute Gasteiger partial charge is 0.294 e.